The maximum atomic E-state index is 12.1. The Morgan fingerprint density at radius 3 is 2.53 bits per heavy atom. The normalized spacial score (nSPS) is 28.0. The number of carbonyl (C=O) groups excluding carboxylic acids is 1. The van der Waals surface area contributed by atoms with Crippen molar-refractivity contribution in [2.45, 2.75) is 30.0 Å². The van der Waals surface area contributed by atoms with E-state index < -0.39 is 10.8 Å². The van der Waals surface area contributed by atoms with Gasteiger partial charge < -0.3 is 5.73 Å². The van der Waals surface area contributed by atoms with Crippen molar-refractivity contribution in [3.8, 4) is 0 Å². The maximum Gasteiger partial charge on any atom is 0.156 e. The van der Waals surface area contributed by atoms with Crippen molar-refractivity contribution in [3.63, 3.8) is 0 Å². The lowest BCUT2D eigenvalue weighted by molar-refractivity contribution is -0.127. The van der Waals surface area contributed by atoms with E-state index in [0.717, 1.165) is 0 Å². The van der Waals surface area contributed by atoms with E-state index in [1.54, 1.807) is 24.3 Å². The van der Waals surface area contributed by atoms with Crippen LogP contribution in [0.4, 0.5) is 0 Å². The number of Topliss-reactive ketones (excluding diaryl/α,β-unsaturated/α-hetero) is 1. The third-order valence-corrected chi connectivity index (χ3v) is 3.80. The summed E-state index contributed by atoms with van der Waals surface area (Å²) in [5.74, 6) is -0.151. The summed E-state index contributed by atoms with van der Waals surface area (Å²) in [6, 6.07) is 6.94. The van der Waals surface area contributed by atoms with Crippen molar-refractivity contribution in [3.05, 3.63) is 34.9 Å². The molecule has 1 aliphatic rings. The molecule has 2 N–H and O–H groups in total. The van der Waals surface area contributed by atoms with Crippen LogP contribution in [-0.4, -0.2) is 21.5 Å². The predicted octanol–water partition coefficient (Wildman–Crippen LogP) is 1.70. The van der Waals surface area contributed by atoms with Gasteiger partial charge in [-0.25, -0.2) is 0 Å². The van der Waals surface area contributed by atoms with Crippen LogP contribution in [0, 0.1) is 0 Å². The molecule has 0 aromatic heterocycles. The SMILES string of the molecule is [B]C1([B])CCCC(=O)C1(N)c1ccccc1Cl. The third-order valence-electron chi connectivity index (χ3n) is 3.47. The monoisotopic (exact) mass is 243 g/mol. The van der Waals surface area contributed by atoms with Gasteiger partial charge in [0.1, 0.15) is 0 Å². The lowest BCUT2D eigenvalue weighted by atomic mass is 9.39. The van der Waals surface area contributed by atoms with Crippen LogP contribution in [0.15, 0.2) is 24.3 Å². The Hall–Kier alpha value is -0.730. The minimum absolute atomic E-state index is 0.151. The van der Waals surface area contributed by atoms with Crippen LogP contribution in [0.2, 0.25) is 10.2 Å². The van der Waals surface area contributed by atoms with E-state index in [1.165, 1.54) is 0 Å². The summed E-state index contributed by atoms with van der Waals surface area (Å²) >= 11 is 6.10. The molecule has 0 bridgehead atoms. The van der Waals surface area contributed by atoms with Gasteiger partial charge in [-0.2, -0.15) is 0 Å². The number of halogens is 1. The number of rotatable bonds is 1. The molecule has 1 fully saturated rings. The summed E-state index contributed by atoms with van der Waals surface area (Å²) in [6.07, 6.45) is 1.55. The van der Waals surface area contributed by atoms with E-state index in [9.17, 15) is 4.79 Å². The molecule has 0 saturated heterocycles. The van der Waals surface area contributed by atoms with Crippen LogP contribution in [0.25, 0.3) is 0 Å². The number of hydrogen-bond acceptors (Lipinski definition) is 2. The molecule has 1 unspecified atom stereocenters. The Balaban J connectivity index is 2.60. The number of nitrogens with two attached hydrogens (primary N) is 1. The van der Waals surface area contributed by atoms with Crippen LogP contribution in [0.5, 0.6) is 0 Å². The second-order valence-electron chi connectivity index (χ2n) is 4.60. The largest absolute Gasteiger partial charge is 0.316 e. The predicted molar refractivity (Wildman–Crippen MR) is 70.4 cm³/mol. The van der Waals surface area contributed by atoms with Crippen LogP contribution in [0.3, 0.4) is 0 Å². The van der Waals surface area contributed by atoms with E-state index in [4.69, 9.17) is 33.0 Å². The molecule has 0 amide bonds. The van der Waals surface area contributed by atoms with Crippen LogP contribution >= 0.6 is 11.6 Å². The summed E-state index contributed by atoms with van der Waals surface area (Å²) in [5, 5.41) is -0.835. The van der Waals surface area contributed by atoms with Gasteiger partial charge in [0.25, 0.3) is 0 Å². The Kier molecular flexibility index (Phi) is 3.13. The van der Waals surface area contributed by atoms with E-state index in [1.807, 2.05) is 0 Å². The fraction of sp³-hybridized carbons (Fsp3) is 0.417. The fourth-order valence-corrected chi connectivity index (χ4v) is 2.66. The first-order valence-corrected chi connectivity index (χ1v) is 5.92. The highest BCUT2D eigenvalue weighted by molar-refractivity contribution is 6.43. The highest BCUT2D eigenvalue weighted by atomic mass is 35.5. The Labute approximate surface area is 109 Å². The lowest BCUT2D eigenvalue weighted by Gasteiger charge is -2.48. The van der Waals surface area contributed by atoms with Crippen LogP contribution < -0.4 is 5.73 Å². The first kappa shape index (κ1) is 12.7. The minimum Gasteiger partial charge on any atom is -0.316 e. The van der Waals surface area contributed by atoms with Gasteiger partial charge in [0.05, 0.1) is 21.2 Å². The second-order valence-corrected chi connectivity index (χ2v) is 5.01. The Morgan fingerprint density at radius 1 is 1.29 bits per heavy atom. The highest BCUT2D eigenvalue weighted by Crippen LogP contribution is 2.49. The quantitative estimate of drug-likeness (QED) is 0.763. The smallest absolute Gasteiger partial charge is 0.156 e. The van der Waals surface area contributed by atoms with Gasteiger partial charge >= 0.3 is 0 Å². The zero-order chi connectivity index (χ0) is 12.7. The van der Waals surface area contributed by atoms with Gasteiger partial charge in [-0.05, 0) is 18.1 Å². The molecule has 84 valence electrons. The Morgan fingerprint density at radius 2 is 1.94 bits per heavy atom. The van der Waals surface area contributed by atoms with Crippen LogP contribution in [0.1, 0.15) is 24.8 Å². The molecule has 4 radical (unpaired) electrons. The van der Waals surface area contributed by atoms with E-state index in [2.05, 4.69) is 0 Å². The van der Waals surface area contributed by atoms with Crippen molar-refractivity contribution in [2.24, 2.45) is 5.73 Å². The molecule has 2 rings (SSSR count). The molecule has 2 nitrogen and oxygen atoms in total. The molecule has 1 aliphatic carbocycles. The Bertz CT molecular complexity index is 464. The molecule has 1 atom stereocenters. The van der Waals surface area contributed by atoms with Gasteiger partial charge in [0.15, 0.2) is 5.78 Å². The zero-order valence-electron chi connectivity index (χ0n) is 9.45. The maximum absolute atomic E-state index is 12.1. The van der Waals surface area contributed by atoms with E-state index in [-0.39, 0.29) is 5.78 Å². The van der Waals surface area contributed by atoms with Gasteiger partial charge in [-0.3, -0.25) is 4.79 Å². The molecule has 1 aromatic carbocycles. The third kappa shape index (κ3) is 1.84. The average molecular weight is 243 g/mol. The second kappa shape index (κ2) is 4.18. The van der Waals surface area contributed by atoms with Gasteiger partial charge in [0, 0.05) is 11.4 Å². The fourth-order valence-electron chi connectivity index (χ4n) is 2.38. The van der Waals surface area contributed by atoms with Gasteiger partial charge in [-0.1, -0.05) is 41.4 Å². The van der Waals surface area contributed by atoms with Crippen molar-refractivity contribution < 1.29 is 4.79 Å². The molecular weight excluding hydrogens is 231 g/mol. The number of carbonyl (C=O) groups is 1. The van der Waals surface area contributed by atoms with E-state index >= 15 is 0 Å². The van der Waals surface area contributed by atoms with Crippen molar-refractivity contribution in [1.29, 1.82) is 0 Å². The van der Waals surface area contributed by atoms with Crippen molar-refractivity contribution in [2.75, 3.05) is 0 Å². The number of ketones is 1. The molecule has 0 heterocycles. The summed E-state index contributed by atoms with van der Waals surface area (Å²) in [4.78, 5) is 12.1. The molecule has 17 heavy (non-hydrogen) atoms. The van der Waals surface area contributed by atoms with Crippen LogP contribution in [-0.2, 0) is 10.3 Å². The lowest BCUT2D eigenvalue weighted by Crippen LogP contribution is -2.57. The topological polar surface area (TPSA) is 43.1 Å². The van der Waals surface area contributed by atoms with Gasteiger partial charge in [0.2, 0.25) is 0 Å². The molecule has 0 spiro atoms. The minimum atomic E-state index is -1.40. The highest BCUT2D eigenvalue weighted by Gasteiger charge is 2.50. The van der Waals surface area contributed by atoms with E-state index in [0.29, 0.717) is 29.8 Å². The summed E-state index contributed by atoms with van der Waals surface area (Å²) < 4.78 is 0. The van der Waals surface area contributed by atoms with Crippen molar-refractivity contribution in [1.82, 2.24) is 0 Å². The summed E-state index contributed by atoms with van der Waals surface area (Å²) in [7, 11) is 12.0. The molecular formula is C12H12B2ClNO. The first-order valence-electron chi connectivity index (χ1n) is 5.54. The van der Waals surface area contributed by atoms with Gasteiger partial charge in [-0.15, -0.1) is 0 Å². The van der Waals surface area contributed by atoms with Crippen molar-refractivity contribution >= 4 is 33.1 Å². The number of benzene rings is 1. The summed E-state index contributed by atoms with van der Waals surface area (Å²) in [5.41, 5.74) is 5.33. The molecule has 1 saturated carbocycles. The molecule has 5 heteroatoms. The standard InChI is InChI=1S/C12H12B2ClNO/c13-11(14)7-3-6-10(17)12(11,16)8-4-1-2-5-9(8)15/h1-2,4-5H,3,6-7,16H2. The number of hydrogen-bond donors (Lipinski definition) is 1. The zero-order valence-corrected chi connectivity index (χ0v) is 10.2. The molecule has 1 aromatic rings. The average Bonchev–Trinajstić information content (AvgIpc) is 2.26. The molecule has 0 aliphatic heterocycles. The first-order chi connectivity index (χ1) is 7.89. The summed E-state index contributed by atoms with van der Waals surface area (Å²) in [6.45, 7) is 0.